The monoisotopic (exact) mass is 426 g/mol. The molecule has 1 fully saturated rings. The van der Waals surface area contributed by atoms with Crippen LogP contribution in [0.5, 0.6) is 0 Å². The van der Waals surface area contributed by atoms with E-state index in [4.69, 9.17) is 0 Å². The Bertz CT molecular complexity index is 1120. The molecule has 10 heteroatoms. The molecule has 0 bridgehead atoms. The minimum atomic E-state index is -0.585. The second-order valence-electron chi connectivity index (χ2n) is 7.39. The molecule has 1 aliphatic rings. The first-order valence-corrected chi connectivity index (χ1v) is 9.83. The minimum absolute atomic E-state index is 0.0133. The van der Waals surface area contributed by atoms with Gasteiger partial charge in [-0.05, 0) is 72.7 Å². The summed E-state index contributed by atoms with van der Waals surface area (Å²) in [5.41, 5.74) is 0.883. The highest BCUT2D eigenvalue weighted by molar-refractivity contribution is 5.96. The van der Waals surface area contributed by atoms with Gasteiger partial charge in [0.05, 0.1) is 17.3 Å². The molecule has 0 aliphatic carbocycles. The zero-order chi connectivity index (χ0) is 22.0. The quantitative estimate of drug-likeness (QED) is 0.693. The largest absolute Gasteiger partial charge is 0.338 e. The molecule has 1 unspecified atom stereocenters. The van der Waals surface area contributed by atoms with Crippen molar-refractivity contribution < 1.29 is 18.4 Å². The number of hydrogen-bond donors (Lipinski definition) is 1. The molecule has 2 aromatic carbocycles. The number of anilines is 1. The summed E-state index contributed by atoms with van der Waals surface area (Å²) in [6.45, 7) is 2.41. The summed E-state index contributed by atoms with van der Waals surface area (Å²) in [4.78, 5) is 27.1. The highest BCUT2D eigenvalue weighted by Gasteiger charge is 2.29. The van der Waals surface area contributed by atoms with Gasteiger partial charge < -0.3 is 10.2 Å². The molecule has 0 saturated carbocycles. The lowest BCUT2D eigenvalue weighted by Crippen LogP contribution is -2.43. The smallest absolute Gasteiger partial charge is 0.253 e. The zero-order valence-electron chi connectivity index (χ0n) is 16.8. The lowest BCUT2D eigenvalue weighted by Gasteiger charge is -2.32. The number of likely N-dealkylation sites (tertiary alicyclic amines) is 1. The van der Waals surface area contributed by atoms with Crippen molar-refractivity contribution in [2.75, 3.05) is 18.4 Å². The number of halogens is 2. The number of aromatic nitrogens is 4. The van der Waals surface area contributed by atoms with Crippen LogP contribution in [0.4, 0.5) is 14.5 Å². The first-order chi connectivity index (χ1) is 14.9. The van der Waals surface area contributed by atoms with Crippen LogP contribution >= 0.6 is 0 Å². The molecule has 0 radical (unpaired) electrons. The predicted octanol–water partition coefficient (Wildman–Crippen LogP) is 2.74. The Balaban J connectivity index is 1.47. The van der Waals surface area contributed by atoms with Crippen molar-refractivity contribution in [3.63, 3.8) is 0 Å². The first kappa shape index (κ1) is 20.6. The summed E-state index contributed by atoms with van der Waals surface area (Å²) in [5, 5.41) is 13.8. The fourth-order valence-electron chi connectivity index (χ4n) is 3.60. The van der Waals surface area contributed by atoms with Gasteiger partial charge in [-0.25, -0.2) is 8.78 Å². The third kappa shape index (κ3) is 4.42. The number of aryl methyl sites for hydroxylation is 1. The van der Waals surface area contributed by atoms with Gasteiger partial charge in [-0.15, -0.1) is 5.10 Å². The average Bonchev–Trinajstić information content (AvgIpc) is 3.21. The number of carbonyl (C=O) groups excluding carboxylic acids is 2. The van der Waals surface area contributed by atoms with E-state index in [9.17, 15) is 18.4 Å². The summed E-state index contributed by atoms with van der Waals surface area (Å²) in [6, 6.07) is 9.50. The fourth-order valence-corrected chi connectivity index (χ4v) is 3.60. The van der Waals surface area contributed by atoms with E-state index in [1.165, 1.54) is 47.1 Å². The SMILES string of the molecule is Cc1nnnn1-c1ccc(F)c(NC(=O)C2CCCN(C(=O)c3ccc(F)cc3)C2)c1. The van der Waals surface area contributed by atoms with Crippen LogP contribution in [0.1, 0.15) is 29.0 Å². The summed E-state index contributed by atoms with van der Waals surface area (Å²) >= 11 is 0. The third-order valence-electron chi connectivity index (χ3n) is 5.25. The van der Waals surface area contributed by atoms with Crippen LogP contribution in [0.2, 0.25) is 0 Å². The Morgan fingerprint density at radius 3 is 2.61 bits per heavy atom. The molecule has 1 aromatic heterocycles. The number of nitrogens with one attached hydrogen (secondary N) is 1. The Kier molecular flexibility index (Phi) is 5.70. The molecule has 4 rings (SSSR count). The lowest BCUT2D eigenvalue weighted by atomic mass is 9.96. The number of tetrazole rings is 1. The Labute approximate surface area is 176 Å². The number of piperidine rings is 1. The van der Waals surface area contributed by atoms with Crippen LogP contribution in [0.15, 0.2) is 42.5 Å². The minimum Gasteiger partial charge on any atom is -0.338 e. The number of nitrogens with zero attached hydrogens (tertiary/aromatic N) is 5. The van der Waals surface area contributed by atoms with Crippen molar-refractivity contribution >= 4 is 17.5 Å². The van der Waals surface area contributed by atoms with E-state index in [0.29, 0.717) is 36.5 Å². The molecule has 31 heavy (non-hydrogen) atoms. The maximum Gasteiger partial charge on any atom is 0.253 e. The summed E-state index contributed by atoms with van der Waals surface area (Å²) in [6.07, 6.45) is 1.21. The highest BCUT2D eigenvalue weighted by Crippen LogP contribution is 2.23. The van der Waals surface area contributed by atoms with E-state index in [2.05, 4.69) is 20.8 Å². The van der Waals surface area contributed by atoms with Gasteiger partial charge in [0.1, 0.15) is 11.6 Å². The van der Waals surface area contributed by atoms with Crippen molar-refractivity contribution in [1.82, 2.24) is 25.1 Å². The predicted molar refractivity (Wildman–Crippen MR) is 108 cm³/mol. The normalized spacial score (nSPS) is 16.2. The topological polar surface area (TPSA) is 93.0 Å². The van der Waals surface area contributed by atoms with Gasteiger partial charge in [-0.2, -0.15) is 4.68 Å². The van der Waals surface area contributed by atoms with E-state index in [1.54, 1.807) is 11.8 Å². The van der Waals surface area contributed by atoms with Gasteiger partial charge in [-0.3, -0.25) is 9.59 Å². The second kappa shape index (κ2) is 8.58. The first-order valence-electron chi connectivity index (χ1n) is 9.83. The van der Waals surface area contributed by atoms with Crippen LogP contribution in [0.3, 0.4) is 0 Å². The van der Waals surface area contributed by atoms with Crippen molar-refractivity contribution in [2.24, 2.45) is 5.92 Å². The molecular formula is C21H20F2N6O2. The molecule has 1 N–H and O–H groups in total. The standard InChI is InChI=1S/C21H20F2N6O2/c1-13-25-26-27-29(13)17-8-9-18(23)19(11-17)24-20(30)15-3-2-10-28(12-15)21(31)14-4-6-16(22)7-5-14/h4-9,11,15H,2-3,10,12H2,1H3,(H,24,30). The molecule has 2 heterocycles. The number of hydrogen-bond acceptors (Lipinski definition) is 5. The Hall–Kier alpha value is -3.69. The van der Waals surface area contributed by atoms with E-state index < -0.39 is 17.6 Å². The molecule has 3 aromatic rings. The van der Waals surface area contributed by atoms with Gasteiger partial charge >= 0.3 is 0 Å². The van der Waals surface area contributed by atoms with E-state index in [-0.39, 0.29) is 24.0 Å². The number of benzene rings is 2. The molecular weight excluding hydrogens is 406 g/mol. The molecule has 2 amide bonds. The maximum absolute atomic E-state index is 14.3. The Morgan fingerprint density at radius 2 is 1.90 bits per heavy atom. The number of carbonyl (C=O) groups is 2. The number of rotatable bonds is 4. The Morgan fingerprint density at radius 1 is 1.13 bits per heavy atom. The summed E-state index contributed by atoms with van der Waals surface area (Å²) < 4.78 is 28.9. The molecule has 1 saturated heterocycles. The molecule has 1 atom stereocenters. The third-order valence-corrected chi connectivity index (χ3v) is 5.25. The van der Waals surface area contributed by atoms with Crippen molar-refractivity contribution in [2.45, 2.75) is 19.8 Å². The van der Waals surface area contributed by atoms with Crippen LogP contribution in [0.25, 0.3) is 5.69 Å². The van der Waals surface area contributed by atoms with E-state index in [1.807, 2.05) is 0 Å². The molecule has 1 aliphatic heterocycles. The van der Waals surface area contributed by atoms with Gasteiger partial charge in [0.25, 0.3) is 5.91 Å². The van der Waals surface area contributed by atoms with Gasteiger partial charge in [0, 0.05) is 18.7 Å². The second-order valence-corrected chi connectivity index (χ2v) is 7.39. The summed E-state index contributed by atoms with van der Waals surface area (Å²) in [7, 11) is 0. The number of amides is 2. The fraction of sp³-hybridized carbons (Fsp3) is 0.286. The van der Waals surface area contributed by atoms with Crippen LogP contribution < -0.4 is 5.32 Å². The van der Waals surface area contributed by atoms with Crippen LogP contribution in [0, 0.1) is 24.5 Å². The molecule has 8 nitrogen and oxygen atoms in total. The average molecular weight is 426 g/mol. The van der Waals surface area contributed by atoms with Crippen molar-refractivity contribution in [1.29, 1.82) is 0 Å². The van der Waals surface area contributed by atoms with Gasteiger partial charge in [-0.1, -0.05) is 0 Å². The van der Waals surface area contributed by atoms with Gasteiger partial charge in [0.2, 0.25) is 5.91 Å². The summed E-state index contributed by atoms with van der Waals surface area (Å²) in [5.74, 6) is -1.62. The maximum atomic E-state index is 14.3. The van der Waals surface area contributed by atoms with E-state index >= 15 is 0 Å². The van der Waals surface area contributed by atoms with Crippen molar-refractivity contribution in [3.8, 4) is 5.69 Å². The van der Waals surface area contributed by atoms with Crippen LogP contribution in [-0.4, -0.2) is 50.0 Å². The molecule has 0 spiro atoms. The van der Waals surface area contributed by atoms with Crippen molar-refractivity contribution in [3.05, 3.63) is 65.5 Å². The molecule has 160 valence electrons. The van der Waals surface area contributed by atoms with Crippen LogP contribution in [-0.2, 0) is 4.79 Å². The highest BCUT2D eigenvalue weighted by atomic mass is 19.1. The lowest BCUT2D eigenvalue weighted by molar-refractivity contribution is -0.121. The van der Waals surface area contributed by atoms with E-state index in [0.717, 1.165) is 0 Å². The van der Waals surface area contributed by atoms with Gasteiger partial charge in [0.15, 0.2) is 5.82 Å². The zero-order valence-corrected chi connectivity index (χ0v) is 16.8.